The Morgan fingerprint density at radius 2 is 1.82 bits per heavy atom. The van der Waals surface area contributed by atoms with Crippen LogP contribution < -0.4 is 14.4 Å². The Bertz CT molecular complexity index is 1180. The van der Waals surface area contributed by atoms with Crippen LogP contribution in [0.3, 0.4) is 0 Å². The molecule has 7 heteroatoms. The summed E-state index contributed by atoms with van der Waals surface area (Å²) < 4.78 is 11.2. The third kappa shape index (κ3) is 4.50. The van der Waals surface area contributed by atoms with Crippen molar-refractivity contribution in [2.24, 2.45) is 0 Å². The Morgan fingerprint density at radius 1 is 1.06 bits per heavy atom. The number of ether oxygens (including phenoxy) is 2. The van der Waals surface area contributed by atoms with Crippen LogP contribution in [0.1, 0.15) is 37.3 Å². The number of rotatable bonds is 7. The molecule has 1 aromatic heterocycles. The van der Waals surface area contributed by atoms with Crippen molar-refractivity contribution in [2.45, 2.75) is 32.9 Å². The number of Topliss-reactive ketones (excluding diaryl/α,β-unsaturated/α-hetero) is 1. The molecule has 6 nitrogen and oxygen atoms in total. The molecule has 1 fully saturated rings. The summed E-state index contributed by atoms with van der Waals surface area (Å²) in [5.41, 5.74) is 1.02. The summed E-state index contributed by atoms with van der Waals surface area (Å²) >= 11 is 1.42. The van der Waals surface area contributed by atoms with Crippen LogP contribution in [0.5, 0.6) is 11.5 Å². The SMILES string of the molecule is CCOc1ccc(N2C(=O)C(=O)/C(=C(\O)c3cccc(OC(C)C)c3)C2c2cccs2)cc1. The first-order valence-electron chi connectivity index (χ1n) is 10.7. The van der Waals surface area contributed by atoms with Gasteiger partial charge in [0.15, 0.2) is 0 Å². The topological polar surface area (TPSA) is 76.1 Å². The summed E-state index contributed by atoms with van der Waals surface area (Å²) in [5, 5.41) is 13.1. The van der Waals surface area contributed by atoms with Crippen LogP contribution in [-0.4, -0.2) is 29.5 Å². The number of carbonyl (C=O) groups excluding carboxylic acids is 2. The van der Waals surface area contributed by atoms with E-state index in [0.717, 1.165) is 4.88 Å². The van der Waals surface area contributed by atoms with Crippen molar-refractivity contribution in [3.63, 3.8) is 0 Å². The molecule has 1 N–H and O–H groups in total. The van der Waals surface area contributed by atoms with E-state index in [-0.39, 0.29) is 17.4 Å². The fraction of sp³-hybridized carbons (Fsp3) is 0.231. The van der Waals surface area contributed by atoms with Gasteiger partial charge in [0.25, 0.3) is 11.7 Å². The molecule has 1 atom stereocenters. The largest absolute Gasteiger partial charge is 0.507 e. The highest BCUT2D eigenvalue weighted by atomic mass is 32.1. The van der Waals surface area contributed by atoms with Gasteiger partial charge in [-0.2, -0.15) is 0 Å². The van der Waals surface area contributed by atoms with Crippen molar-refractivity contribution in [3.05, 3.63) is 82.1 Å². The maximum atomic E-state index is 13.2. The molecule has 0 aliphatic carbocycles. The zero-order chi connectivity index (χ0) is 23.5. The molecule has 0 saturated carbocycles. The summed E-state index contributed by atoms with van der Waals surface area (Å²) in [7, 11) is 0. The maximum absolute atomic E-state index is 13.2. The standard InChI is InChI=1S/C26H25NO5S/c1-4-31-19-12-10-18(11-13-19)27-23(21-9-6-14-33-21)22(25(29)26(27)30)24(28)17-7-5-8-20(15-17)32-16(2)3/h5-16,23,28H,4H2,1-3H3/b24-22-. The van der Waals surface area contributed by atoms with E-state index in [9.17, 15) is 14.7 Å². The van der Waals surface area contributed by atoms with E-state index in [1.807, 2.05) is 38.3 Å². The monoisotopic (exact) mass is 463 g/mol. The van der Waals surface area contributed by atoms with Crippen LogP contribution in [0.4, 0.5) is 5.69 Å². The number of benzene rings is 2. The number of nitrogens with zero attached hydrogens (tertiary/aromatic N) is 1. The van der Waals surface area contributed by atoms with Gasteiger partial charge in [0, 0.05) is 16.1 Å². The highest BCUT2D eigenvalue weighted by molar-refractivity contribution is 7.10. The van der Waals surface area contributed by atoms with Crippen LogP contribution in [0.15, 0.2) is 71.6 Å². The zero-order valence-corrected chi connectivity index (χ0v) is 19.5. The van der Waals surface area contributed by atoms with Crippen LogP contribution in [-0.2, 0) is 9.59 Å². The van der Waals surface area contributed by atoms with Crippen molar-refractivity contribution >= 4 is 34.5 Å². The predicted octanol–water partition coefficient (Wildman–Crippen LogP) is 5.56. The lowest BCUT2D eigenvalue weighted by Crippen LogP contribution is -2.29. The Kier molecular flexibility index (Phi) is 6.51. The van der Waals surface area contributed by atoms with Crippen LogP contribution >= 0.6 is 11.3 Å². The van der Waals surface area contributed by atoms with Gasteiger partial charge in [-0.1, -0.05) is 18.2 Å². The average Bonchev–Trinajstić information content (AvgIpc) is 3.41. The molecule has 33 heavy (non-hydrogen) atoms. The summed E-state index contributed by atoms with van der Waals surface area (Å²) in [5.74, 6) is -0.395. The fourth-order valence-electron chi connectivity index (χ4n) is 3.83. The second kappa shape index (κ2) is 9.50. The summed E-state index contributed by atoms with van der Waals surface area (Å²) in [6.07, 6.45) is -0.0428. The second-order valence-electron chi connectivity index (χ2n) is 7.81. The van der Waals surface area contributed by atoms with Crippen LogP contribution in [0, 0.1) is 0 Å². The van der Waals surface area contributed by atoms with Gasteiger partial charge in [0.05, 0.1) is 18.3 Å². The lowest BCUT2D eigenvalue weighted by molar-refractivity contribution is -0.132. The zero-order valence-electron chi connectivity index (χ0n) is 18.6. The number of hydrogen-bond acceptors (Lipinski definition) is 6. The minimum absolute atomic E-state index is 0.0428. The van der Waals surface area contributed by atoms with E-state index in [0.29, 0.717) is 29.4 Å². The maximum Gasteiger partial charge on any atom is 0.300 e. The van der Waals surface area contributed by atoms with Gasteiger partial charge < -0.3 is 14.6 Å². The first-order valence-corrected chi connectivity index (χ1v) is 11.6. The highest BCUT2D eigenvalue weighted by Gasteiger charge is 2.47. The molecule has 4 rings (SSSR count). The third-order valence-electron chi connectivity index (χ3n) is 5.16. The molecule has 3 aromatic rings. The number of hydrogen-bond donors (Lipinski definition) is 1. The van der Waals surface area contributed by atoms with Gasteiger partial charge in [-0.05, 0) is 68.6 Å². The smallest absolute Gasteiger partial charge is 0.300 e. The number of thiophene rings is 1. The van der Waals surface area contributed by atoms with Gasteiger partial charge in [0.1, 0.15) is 23.3 Å². The highest BCUT2D eigenvalue weighted by Crippen LogP contribution is 2.44. The van der Waals surface area contributed by atoms with Gasteiger partial charge in [-0.15, -0.1) is 11.3 Å². The molecule has 1 aliphatic rings. The molecule has 1 aliphatic heterocycles. The van der Waals surface area contributed by atoms with E-state index < -0.39 is 17.7 Å². The van der Waals surface area contributed by atoms with Gasteiger partial charge in [-0.3, -0.25) is 14.5 Å². The predicted molar refractivity (Wildman–Crippen MR) is 129 cm³/mol. The summed E-state index contributed by atoms with van der Waals surface area (Å²) in [4.78, 5) is 28.6. The van der Waals surface area contributed by atoms with Gasteiger partial charge in [-0.25, -0.2) is 0 Å². The fourth-order valence-corrected chi connectivity index (χ4v) is 4.65. The molecule has 2 heterocycles. The van der Waals surface area contributed by atoms with E-state index in [1.165, 1.54) is 16.2 Å². The Hall–Kier alpha value is -3.58. The lowest BCUT2D eigenvalue weighted by Gasteiger charge is -2.24. The number of aliphatic hydroxyl groups excluding tert-OH is 1. The number of aliphatic hydroxyl groups is 1. The Labute approximate surface area is 196 Å². The summed E-state index contributed by atoms with van der Waals surface area (Å²) in [6, 6.07) is 16.9. The number of ketones is 1. The molecule has 1 saturated heterocycles. The number of amides is 1. The lowest BCUT2D eigenvalue weighted by atomic mass is 9.99. The molecule has 1 unspecified atom stereocenters. The molecule has 170 valence electrons. The first-order chi connectivity index (χ1) is 15.9. The van der Waals surface area contributed by atoms with E-state index in [2.05, 4.69) is 0 Å². The molecule has 2 aromatic carbocycles. The van der Waals surface area contributed by atoms with E-state index in [1.54, 1.807) is 48.5 Å². The third-order valence-corrected chi connectivity index (χ3v) is 6.09. The van der Waals surface area contributed by atoms with E-state index in [4.69, 9.17) is 9.47 Å². The molecule has 0 spiro atoms. The minimum atomic E-state index is -0.738. The number of anilines is 1. The summed E-state index contributed by atoms with van der Waals surface area (Å²) in [6.45, 7) is 6.24. The average molecular weight is 464 g/mol. The molecule has 0 bridgehead atoms. The number of carbonyl (C=O) groups is 2. The van der Waals surface area contributed by atoms with Crippen molar-refractivity contribution in [2.75, 3.05) is 11.5 Å². The van der Waals surface area contributed by atoms with Crippen molar-refractivity contribution in [3.8, 4) is 11.5 Å². The first kappa shape index (κ1) is 22.6. The minimum Gasteiger partial charge on any atom is -0.507 e. The van der Waals surface area contributed by atoms with Gasteiger partial charge >= 0.3 is 0 Å². The van der Waals surface area contributed by atoms with Crippen molar-refractivity contribution in [1.29, 1.82) is 0 Å². The Morgan fingerprint density at radius 3 is 2.45 bits per heavy atom. The normalized spacial score (nSPS) is 17.6. The van der Waals surface area contributed by atoms with Crippen LogP contribution in [0.2, 0.25) is 0 Å². The molecular formula is C26H25NO5S. The van der Waals surface area contributed by atoms with Crippen molar-refractivity contribution < 1.29 is 24.2 Å². The molecule has 0 radical (unpaired) electrons. The Balaban J connectivity index is 1.82. The van der Waals surface area contributed by atoms with Crippen LogP contribution in [0.25, 0.3) is 5.76 Å². The molecule has 1 amide bonds. The molecular weight excluding hydrogens is 438 g/mol. The van der Waals surface area contributed by atoms with Crippen molar-refractivity contribution in [1.82, 2.24) is 0 Å². The second-order valence-corrected chi connectivity index (χ2v) is 8.79. The quantitative estimate of drug-likeness (QED) is 0.282. The van der Waals surface area contributed by atoms with E-state index >= 15 is 0 Å². The van der Waals surface area contributed by atoms with Gasteiger partial charge in [0.2, 0.25) is 0 Å².